The van der Waals surface area contributed by atoms with Crippen LogP contribution in [0.15, 0.2) is 158 Å². The molecular weight excluding hydrogens is 1080 g/mol. The predicted octanol–water partition coefficient (Wildman–Crippen LogP) is 6.01. The Hall–Kier alpha value is -6.28. The number of nitrogens with zero attached hydrogens (tertiary/aromatic N) is 7. The third-order valence-corrected chi connectivity index (χ3v) is 12.0. The zero-order valence-electron chi connectivity index (χ0n) is 35.1. The van der Waals surface area contributed by atoms with E-state index in [1.807, 2.05) is 97.3 Å². The first-order chi connectivity index (χ1) is 31.6. The third kappa shape index (κ3) is 16.3. The number of pyridine rings is 3. The van der Waals surface area contributed by atoms with E-state index < -0.39 is 33.7 Å². The molecule has 3 N–H and O–H groups in total. The number of carbonyl (C=O) groups excluding carboxylic acids is 3. The number of carbonyl (C=O) groups is 3. The molecule has 5 heterocycles. The molecule has 16 nitrogen and oxygen atoms in total. The second-order valence-corrected chi connectivity index (χ2v) is 17.6. The van der Waals surface area contributed by atoms with Crippen molar-refractivity contribution in [2.24, 2.45) is 0 Å². The zero-order chi connectivity index (χ0) is 45.7. The van der Waals surface area contributed by atoms with Crippen molar-refractivity contribution in [1.82, 2.24) is 50.5 Å². The minimum atomic E-state index is -4.85. The van der Waals surface area contributed by atoms with Gasteiger partial charge in [-0.15, -0.1) is 12.1 Å². The fraction of sp³-hybridized carbons (Fsp3) is 0.174. The molecule has 8 aromatic rings. The summed E-state index contributed by atoms with van der Waals surface area (Å²) in [5.74, 6) is -2.08. The van der Waals surface area contributed by atoms with Crippen LogP contribution in [-0.2, 0) is 39.8 Å². The van der Waals surface area contributed by atoms with Gasteiger partial charge in [-0.2, -0.15) is 58.7 Å². The average molecular weight is 1120 g/mol. The molecule has 1 unspecified atom stereocenters. The SMILES string of the molecule is O=C(CCCCNC(=O)C(CS(=O)(=O)[O-])NC(=O)c1ccnc2c1ccc1cccnc12)NCCSSc1ccccn1.[Ir].[c-]1ccccc1-n1cccn1.[c-]1ccccc1-n1cccn1. The molecule has 0 saturated heterocycles. The maximum absolute atomic E-state index is 13.2. The van der Waals surface area contributed by atoms with Gasteiger partial charge in [-0.05, 0) is 71.4 Å². The van der Waals surface area contributed by atoms with E-state index in [2.05, 4.69) is 53.2 Å². The first kappa shape index (κ1) is 50.7. The predicted molar refractivity (Wildman–Crippen MR) is 250 cm³/mol. The van der Waals surface area contributed by atoms with E-state index in [0.29, 0.717) is 41.6 Å². The monoisotopic (exact) mass is 1120 g/mol. The van der Waals surface area contributed by atoms with Crippen molar-refractivity contribution < 1.29 is 47.5 Å². The summed E-state index contributed by atoms with van der Waals surface area (Å²) in [7, 11) is -1.73. The minimum absolute atomic E-state index is 0. The maximum atomic E-state index is 13.2. The molecule has 0 aliphatic heterocycles. The van der Waals surface area contributed by atoms with Gasteiger partial charge < -0.3 is 20.5 Å². The number of nitrogens with one attached hydrogen (secondary N) is 3. The van der Waals surface area contributed by atoms with E-state index in [1.165, 1.54) is 23.1 Å². The second-order valence-electron chi connectivity index (χ2n) is 13.7. The molecule has 3 aromatic carbocycles. The molecule has 0 saturated carbocycles. The Kier molecular flexibility index (Phi) is 20.5. The van der Waals surface area contributed by atoms with E-state index in [9.17, 15) is 27.4 Å². The van der Waals surface area contributed by atoms with Gasteiger partial charge in [-0.1, -0.05) is 35.1 Å². The molecule has 20 heteroatoms. The molecule has 0 spiro atoms. The van der Waals surface area contributed by atoms with Crippen LogP contribution in [-0.4, -0.2) is 95.8 Å². The van der Waals surface area contributed by atoms with Crippen molar-refractivity contribution in [3.63, 3.8) is 0 Å². The van der Waals surface area contributed by atoms with Crippen LogP contribution in [0.4, 0.5) is 0 Å². The van der Waals surface area contributed by atoms with Crippen LogP contribution in [0.5, 0.6) is 0 Å². The van der Waals surface area contributed by atoms with Crippen LogP contribution < -0.4 is 16.0 Å². The molecule has 3 amide bonds. The number of rotatable bonds is 17. The van der Waals surface area contributed by atoms with E-state index in [0.717, 1.165) is 21.8 Å². The summed E-state index contributed by atoms with van der Waals surface area (Å²) < 4.78 is 38.1. The van der Waals surface area contributed by atoms with Gasteiger partial charge in [0.25, 0.3) is 5.91 Å². The number of benzene rings is 3. The standard InChI is InChI=1S/C28H30N6O6S3.2C9H7N2.Ir/c35-23(29-16-17-41-42-24-8-2-4-12-30-24)7-1-3-13-33-28(37)22(18-43(38,39)40)34-27(36)21-11-15-32-26-20(21)10-9-19-6-5-14-31-25(19)26;2*1-2-5-9(6-3-1)11-8-4-7-10-11;/h2,4-6,8-12,14-15,22H,1,3,7,13,16-18H2,(H,29,35)(H,33,37)(H,34,36)(H,38,39,40);2*1-5,7-8H;/q;2*-1;/p-1. The molecular formula is C46H43IrN10O6S3-3. The fourth-order valence-electron chi connectivity index (χ4n) is 6.01. The number of hydrogen-bond acceptors (Lipinski definition) is 13. The minimum Gasteiger partial charge on any atom is -0.748 e. The van der Waals surface area contributed by atoms with Crippen LogP contribution in [0.2, 0.25) is 0 Å². The number of hydrogen-bond donors (Lipinski definition) is 3. The molecule has 0 fully saturated rings. The maximum Gasteiger partial charge on any atom is 0.252 e. The van der Waals surface area contributed by atoms with Gasteiger partial charge in [0.2, 0.25) is 11.8 Å². The van der Waals surface area contributed by atoms with E-state index in [4.69, 9.17) is 0 Å². The molecule has 8 rings (SSSR count). The Morgan fingerprint density at radius 2 is 1.38 bits per heavy atom. The van der Waals surface area contributed by atoms with Crippen LogP contribution in [0.3, 0.4) is 0 Å². The van der Waals surface area contributed by atoms with Crippen LogP contribution in [0, 0.1) is 12.1 Å². The van der Waals surface area contributed by atoms with Crippen molar-refractivity contribution in [1.29, 1.82) is 0 Å². The molecule has 0 aliphatic carbocycles. The Morgan fingerprint density at radius 1 is 0.697 bits per heavy atom. The van der Waals surface area contributed by atoms with Gasteiger partial charge in [0.05, 0.1) is 32.5 Å². The Bertz CT molecular complexity index is 2760. The van der Waals surface area contributed by atoms with Gasteiger partial charge >= 0.3 is 0 Å². The third-order valence-electron chi connectivity index (χ3n) is 9.03. The van der Waals surface area contributed by atoms with Crippen molar-refractivity contribution in [3.05, 3.63) is 170 Å². The number of para-hydroxylation sites is 2. The second kappa shape index (κ2) is 26.6. The Balaban J connectivity index is 0.000000284. The fourth-order valence-corrected chi connectivity index (χ4v) is 8.44. The Morgan fingerprint density at radius 3 is 2.00 bits per heavy atom. The van der Waals surface area contributed by atoms with Crippen molar-refractivity contribution in [2.45, 2.75) is 30.3 Å². The van der Waals surface area contributed by atoms with Gasteiger partial charge in [0, 0.05) is 99.5 Å². The first-order valence-electron chi connectivity index (χ1n) is 20.2. The van der Waals surface area contributed by atoms with Gasteiger partial charge in [-0.25, -0.2) is 13.4 Å². The number of unbranched alkanes of at least 4 members (excludes halogenated alkanes) is 1. The van der Waals surface area contributed by atoms with E-state index in [-0.39, 0.29) is 44.5 Å². The number of fused-ring (bicyclic) bond motifs is 3. The summed E-state index contributed by atoms with van der Waals surface area (Å²) in [6, 6.07) is 38.0. The largest absolute Gasteiger partial charge is 0.748 e. The average Bonchev–Trinajstić information content (AvgIpc) is 4.09. The van der Waals surface area contributed by atoms with Crippen LogP contribution in [0.25, 0.3) is 33.2 Å². The molecule has 1 atom stereocenters. The topological polar surface area (TPSA) is 219 Å². The molecule has 0 aliphatic rings. The number of amides is 3. The van der Waals surface area contributed by atoms with Crippen LogP contribution >= 0.6 is 21.6 Å². The molecule has 0 bridgehead atoms. The number of aromatic nitrogens is 7. The molecule has 66 heavy (non-hydrogen) atoms. The first-order valence-corrected chi connectivity index (χ1v) is 24.1. The van der Waals surface area contributed by atoms with Crippen molar-refractivity contribution >= 4 is 71.2 Å². The van der Waals surface area contributed by atoms with Gasteiger partial charge in [0.1, 0.15) is 11.1 Å². The zero-order valence-corrected chi connectivity index (χ0v) is 39.9. The normalized spacial score (nSPS) is 11.2. The summed E-state index contributed by atoms with van der Waals surface area (Å²) >= 11 is 0. The van der Waals surface area contributed by atoms with Crippen molar-refractivity contribution in [2.75, 3.05) is 24.6 Å². The molecule has 343 valence electrons. The van der Waals surface area contributed by atoms with Gasteiger partial charge in [0.15, 0.2) is 0 Å². The Labute approximate surface area is 403 Å². The smallest absolute Gasteiger partial charge is 0.252 e. The summed E-state index contributed by atoms with van der Waals surface area (Å²) in [5.41, 5.74) is 3.14. The summed E-state index contributed by atoms with van der Waals surface area (Å²) in [6.07, 6.45) is 13.2. The molecule has 1 radical (unpaired) electrons. The summed E-state index contributed by atoms with van der Waals surface area (Å²) in [5, 5.41) is 18.1. The van der Waals surface area contributed by atoms with Crippen molar-refractivity contribution in [3.8, 4) is 11.4 Å². The van der Waals surface area contributed by atoms with E-state index in [1.54, 1.807) is 63.1 Å². The quantitative estimate of drug-likeness (QED) is 0.0314. The van der Waals surface area contributed by atoms with Gasteiger partial charge in [-0.3, -0.25) is 33.7 Å². The molecule has 5 aromatic heterocycles. The van der Waals surface area contributed by atoms with E-state index >= 15 is 0 Å². The van der Waals surface area contributed by atoms with Crippen LogP contribution in [0.1, 0.15) is 29.6 Å². The summed E-state index contributed by atoms with van der Waals surface area (Å²) in [6.45, 7) is 0.633. The summed E-state index contributed by atoms with van der Waals surface area (Å²) in [4.78, 5) is 50.9.